The first-order valence-electron chi connectivity index (χ1n) is 5.73. The van der Waals surface area contributed by atoms with Gasteiger partial charge < -0.3 is 14.2 Å². The van der Waals surface area contributed by atoms with E-state index in [0.717, 1.165) is 25.7 Å². The topological polar surface area (TPSA) is 44.8 Å². The number of ether oxygens (including phenoxy) is 3. The average Bonchev–Trinajstić information content (AvgIpc) is 2.68. The van der Waals surface area contributed by atoms with Crippen LogP contribution in [0.1, 0.15) is 32.6 Å². The highest BCUT2D eigenvalue weighted by Gasteiger charge is 2.50. The summed E-state index contributed by atoms with van der Waals surface area (Å²) >= 11 is 0. The van der Waals surface area contributed by atoms with E-state index >= 15 is 0 Å². The molecule has 0 amide bonds. The average molecular weight is 214 g/mol. The minimum absolute atomic E-state index is 0.167. The van der Waals surface area contributed by atoms with E-state index in [-0.39, 0.29) is 11.9 Å². The van der Waals surface area contributed by atoms with Crippen molar-refractivity contribution in [1.29, 1.82) is 0 Å². The molecule has 2 rings (SSSR count). The molecule has 4 heteroatoms. The Hall–Kier alpha value is -0.610. The first kappa shape index (κ1) is 10.9. The number of hydrogen-bond donors (Lipinski definition) is 0. The van der Waals surface area contributed by atoms with Gasteiger partial charge in [-0.05, 0) is 19.8 Å². The Kier molecular flexibility index (Phi) is 3.26. The summed E-state index contributed by atoms with van der Waals surface area (Å²) in [5.41, 5.74) is 0. The Morgan fingerprint density at radius 1 is 1.40 bits per heavy atom. The van der Waals surface area contributed by atoms with Crippen LogP contribution in [0.5, 0.6) is 0 Å². The minimum Gasteiger partial charge on any atom is -0.466 e. The highest BCUT2D eigenvalue weighted by Crippen LogP contribution is 2.40. The first-order chi connectivity index (χ1) is 7.28. The van der Waals surface area contributed by atoms with Crippen LogP contribution in [0.2, 0.25) is 0 Å². The summed E-state index contributed by atoms with van der Waals surface area (Å²) in [4.78, 5) is 11.8. The van der Waals surface area contributed by atoms with Crippen LogP contribution in [0.25, 0.3) is 0 Å². The molecule has 2 fully saturated rings. The van der Waals surface area contributed by atoms with Crippen molar-refractivity contribution in [3.05, 3.63) is 0 Å². The fourth-order valence-electron chi connectivity index (χ4n) is 2.47. The molecule has 4 nitrogen and oxygen atoms in total. The molecule has 15 heavy (non-hydrogen) atoms. The van der Waals surface area contributed by atoms with Gasteiger partial charge >= 0.3 is 5.97 Å². The second-order valence-electron chi connectivity index (χ2n) is 4.06. The zero-order chi connectivity index (χ0) is 10.7. The lowest BCUT2D eigenvalue weighted by molar-refractivity contribution is -0.221. The molecule has 0 aromatic rings. The van der Waals surface area contributed by atoms with Gasteiger partial charge in [-0.15, -0.1) is 0 Å². The van der Waals surface area contributed by atoms with Crippen LogP contribution in [0.15, 0.2) is 0 Å². The summed E-state index contributed by atoms with van der Waals surface area (Å²) in [5.74, 6) is -1.06. The summed E-state index contributed by atoms with van der Waals surface area (Å²) < 4.78 is 16.3. The molecule has 86 valence electrons. The molecule has 0 N–H and O–H groups in total. The maximum absolute atomic E-state index is 11.8. The molecule has 0 radical (unpaired) electrons. The highest BCUT2D eigenvalue weighted by atomic mass is 16.7. The zero-order valence-electron chi connectivity index (χ0n) is 9.16. The number of hydrogen-bond acceptors (Lipinski definition) is 4. The predicted molar refractivity (Wildman–Crippen MR) is 53.2 cm³/mol. The van der Waals surface area contributed by atoms with Crippen molar-refractivity contribution in [2.75, 3.05) is 19.8 Å². The second kappa shape index (κ2) is 4.49. The molecule has 2 aliphatic rings. The van der Waals surface area contributed by atoms with Crippen molar-refractivity contribution < 1.29 is 19.0 Å². The van der Waals surface area contributed by atoms with E-state index in [1.165, 1.54) is 0 Å². The van der Waals surface area contributed by atoms with E-state index in [0.29, 0.717) is 19.8 Å². The Morgan fingerprint density at radius 2 is 2.13 bits per heavy atom. The van der Waals surface area contributed by atoms with Crippen molar-refractivity contribution in [2.45, 2.75) is 38.4 Å². The largest absolute Gasteiger partial charge is 0.466 e. The minimum atomic E-state index is -0.662. The van der Waals surface area contributed by atoms with Crippen molar-refractivity contribution in [1.82, 2.24) is 0 Å². The van der Waals surface area contributed by atoms with Gasteiger partial charge in [0.05, 0.1) is 19.8 Å². The second-order valence-corrected chi connectivity index (χ2v) is 4.06. The Balaban J connectivity index is 2.08. The molecule has 1 aliphatic heterocycles. The van der Waals surface area contributed by atoms with Crippen molar-refractivity contribution in [3.63, 3.8) is 0 Å². The Bertz CT molecular complexity index is 233. The van der Waals surface area contributed by atoms with Crippen molar-refractivity contribution in [2.24, 2.45) is 5.92 Å². The summed E-state index contributed by atoms with van der Waals surface area (Å²) in [7, 11) is 0. The zero-order valence-corrected chi connectivity index (χ0v) is 9.16. The van der Waals surface area contributed by atoms with E-state index < -0.39 is 5.79 Å². The molecular formula is C11H18O4. The first-order valence-corrected chi connectivity index (χ1v) is 5.73. The predicted octanol–water partition coefficient (Wildman–Crippen LogP) is 1.48. The lowest BCUT2D eigenvalue weighted by Gasteiger charge is -2.37. The molecule has 1 saturated carbocycles. The monoisotopic (exact) mass is 214 g/mol. The van der Waals surface area contributed by atoms with Gasteiger partial charge in [0.15, 0.2) is 5.79 Å². The van der Waals surface area contributed by atoms with E-state index in [1.54, 1.807) is 0 Å². The molecule has 1 spiro atoms. The standard InChI is InChI=1S/C11H18O4/c1-2-13-10(12)9-5-3-4-6-11(9)14-7-8-15-11/h9H,2-8H2,1H3/t9-/m1/s1. The maximum Gasteiger partial charge on any atom is 0.314 e. The third-order valence-corrected chi connectivity index (χ3v) is 3.15. The van der Waals surface area contributed by atoms with Crippen molar-refractivity contribution >= 4 is 5.97 Å². The Labute approximate surface area is 89.9 Å². The van der Waals surface area contributed by atoms with E-state index in [1.807, 2.05) is 6.92 Å². The lowest BCUT2D eigenvalue weighted by Crippen LogP contribution is -2.46. The third kappa shape index (κ3) is 2.01. The van der Waals surface area contributed by atoms with Gasteiger partial charge in [0, 0.05) is 6.42 Å². The number of carbonyl (C=O) groups is 1. The molecule has 0 aromatic heterocycles. The number of rotatable bonds is 2. The van der Waals surface area contributed by atoms with Gasteiger partial charge in [-0.1, -0.05) is 6.42 Å². The molecule has 0 bridgehead atoms. The van der Waals surface area contributed by atoms with Crippen molar-refractivity contribution in [3.8, 4) is 0 Å². The lowest BCUT2D eigenvalue weighted by atomic mass is 9.83. The van der Waals surface area contributed by atoms with E-state index in [4.69, 9.17) is 14.2 Å². The fourth-order valence-corrected chi connectivity index (χ4v) is 2.47. The van der Waals surface area contributed by atoms with Crippen LogP contribution in [-0.2, 0) is 19.0 Å². The molecule has 0 unspecified atom stereocenters. The molecular weight excluding hydrogens is 196 g/mol. The number of carbonyl (C=O) groups excluding carboxylic acids is 1. The van der Waals surface area contributed by atoms with E-state index in [2.05, 4.69) is 0 Å². The smallest absolute Gasteiger partial charge is 0.314 e. The van der Waals surface area contributed by atoms with Gasteiger partial charge in [-0.25, -0.2) is 0 Å². The summed E-state index contributed by atoms with van der Waals surface area (Å²) in [6.45, 7) is 3.43. The summed E-state index contributed by atoms with van der Waals surface area (Å²) in [6.07, 6.45) is 3.75. The maximum atomic E-state index is 11.8. The summed E-state index contributed by atoms with van der Waals surface area (Å²) in [6, 6.07) is 0. The van der Waals surface area contributed by atoms with Crippen LogP contribution >= 0.6 is 0 Å². The quantitative estimate of drug-likeness (QED) is 0.653. The van der Waals surface area contributed by atoms with Crippen LogP contribution in [0, 0.1) is 5.92 Å². The summed E-state index contributed by atoms with van der Waals surface area (Å²) in [5, 5.41) is 0. The molecule has 1 aliphatic carbocycles. The van der Waals surface area contributed by atoms with Crippen LogP contribution in [-0.4, -0.2) is 31.6 Å². The van der Waals surface area contributed by atoms with E-state index in [9.17, 15) is 4.79 Å². The Morgan fingerprint density at radius 3 is 2.80 bits per heavy atom. The molecule has 1 atom stereocenters. The highest BCUT2D eigenvalue weighted by molar-refractivity contribution is 5.73. The van der Waals surface area contributed by atoms with Crippen LogP contribution in [0.3, 0.4) is 0 Å². The van der Waals surface area contributed by atoms with Crippen LogP contribution < -0.4 is 0 Å². The third-order valence-electron chi connectivity index (χ3n) is 3.15. The van der Waals surface area contributed by atoms with Crippen LogP contribution in [0.4, 0.5) is 0 Å². The molecule has 1 heterocycles. The van der Waals surface area contributed by atoms with Gasteiger partial charge in [0.25, 0.3) is 0 Å². The molecule has 1 saturated heterocycles. The van der Waals surface area contributed by atoms with Gasteiger partial charge in [-0.2, -0.15) is 0 Å². The normalized spacial score (nSPS) is 29.3. The fraction of sp³-hybridized carbons (Fsp3) is 0.909. The van der Waals surface area contributed by atoms with Gasteiger partial charge in [0.1, 0.15) is 5.92 Å². The SMILES string of the molecule is CCOC(=O)[C@H]1CCCCC12OCCO2. The number of esters is 1. The molecule has 0 aromatic carbocycles. The van der Waals surface area contributed by atoms with Gasteiger partial charge in [0.2, 0.25) is 0 Å². The van der Waals surface area contributed by atoms with Gasteiger partial charge in [-0.3, -0.25) is 4.79 Å².